The Morgan fingerprint density at radius 3 is 2.48 bits per heavy atom. The first kappa shape index (κ1) is 15.9. The first-order chi connectivity index (χ1) is 12.1. The van der Waals surface area contributed by atoms with E-state index in [0.29, 0.717) is 25.2 Å². The Bertz CT molecular complexity index is 788. The number of carbonyl (C=O) groups is 2. The van der Waals surface area contributed by atoms with E-state index < -0.39 is 0 Å². The van der Waals surface area contributed by atoms with Crippen LogP contribution in [0.4, 0.5) is 0 Å². The smallest absolute Gasteiger partial charge is 0.270 e. The molecule has 2 saturated heterocycles. The fraction of sp³-hybridized carbons (Fsp3) is 0.400. The summed E-state index contributed by atoms with van der Waals surface area (Å²) < 4.78 is 1.86. The zero-order chi connectivity index (χ0) is 17.4. The van der Waals surface area contributed by atoms with Gasteiger partial charge >= 0.3 is 0 Å². The molecule has 0 radical (unpaired) electrons. The lowest BCUT2D eigenvalue weighted by atomic mass is 9.74. The molecule has 1 aromatic heterocycles. The lowest BCUT2D eigenvalue weighted by Crippen LogP contribution is -2.54. The van der Waals surface area contributed by atoms with Gasteiger partial charge in [0.2, 0.25) is 5.91 Å². The molecule has 2 aliphatic rings. The molecular weight excluding hydrogens is 314 g/mol. The quantitative estimate of drug-likeness (QED) is 0.914. The summed E-state index contributed by atoms with van der Waals surface area (Å²) in [6.45, 7) is 1.35. The predicted octanol–water partition coefficient (Wildman–Crippen LogP) is 2.30. The number of likely N-dealkylation sites (tertiary alicyclic amines) is 1. The molecule has 2 amide bonds. The number of hydrogen-bond acceptors (Lipinski definition) is 2. The van der Waals surface area contributed by atoms with Crippen molar-refractivity contribution in [2.75, 3.05) is 13.1 Å². The topological polar surface area (TPSA) is 54.3 Å². The van der Waals surface area contributed by atoms with Crippen LogP contribution in [0.2, 0.25) is 0 Å². The van der Waals surface area contributed by atoms with Gasteiger partial charge in [0.1, 0.15) is 5.69 Å². The Labute approximate surface area is 147 Å². The Hall–Kier alpha value is -2.56. The number of amides is 2. The van der Waals surface area contributed by atoms with E-state index >= 15 is 0 Å². The summed E-state index contributed by atoms with van der Waals surface area (Å²) in [7, 11) is 1.89. The van der Waals surface area contributed by atoms with Gasteiger partial charge in [0, 0.05) is 38.7 Å². The minimum Gasteiger partial charge on any atom is -0.350 e. The van der Waals surface area contributed by atoms with Crippen molar-refractivity contribution in [3.8, 4) is 0 Å². The molecular formula is C20H23N3O2. The monoisotopic (exact) mass is 337 g/mol. The van der Waals surface area contributed by atoms with Gasteiger partial charge in [0.25, 0.3) is 5.91 Å². The van der Waals surface area contributed by atoms with E-state index in [0.717, 1.165) is 12.8 Å². The van der Waals surface area contributed by atoms with Crippen LogP contribution in [0.15, 0.2) is 48.7 Å². The summed E-state index contributed by atoms with van der Waals surface area (Å²) in [5.41, 5.74) is 1.71. The Kier molecular flexibility index (Phi) is 3.86. The second-order valence-electron chi connectivity index (χ2n) is 7.17. The number of nitrogens with zero attached hydrogens (tertiary/aromatic N) is 2. The first-order valence-corrected chi connectivity index (χ1v) is 8.86. The highest BCUT2D eigenvalue weighted by Gasteiger charge is 2.49. The van der Waals surface area contributed by atoms with Gasteiger partial charge in [0.05, 0.1) is 5.54 Å². The number of carbonyl (C=O) groups excluding carboxylic acids is 2. The van der Waals surface area contributed by atoms with Gasteiger partial charge in [-0.25, -0.2) is 0 Å². The number of hydrogen-bond donors (Lipinski definition) is 1. The number of rotatable bonds is 2. The molecule has 5 nitrogen and oxygen atoms in total. The van der Waals surface area contributed by atoms with Crippen molar-refractivity contribution in [2.45, 2.75) is 30.7 Å². The van der Waals surface area contributed by atoms with Crippen molar-refractivity contribution in [2.24, 2.45) is 7.05 Å². The van der Waals surface area contributed by atoms with Crippen LogP contribution in [0, 0.1) is 0 Å². The van der Waals surface area contributed by atoms with Crippen molar-refractivity contribution < 1.29 is 9.59 Å². The van der Waals surface area contributed by atoms with Crippen LogP contribution in [-0.4, -0.2) is 39.9 Å². The highest BCUT2D eigenvalue weighted by atomic mass is 16.2. The van der Waals surface area contributed by atoms with Gasteiger partial charge in [-0.05, 0) is 30.5 Å². The van der Waals surface area contributed by atoms with Crippen LogP contribution in [0.1, 0.15) is 41.2 Å². The fourth-order valence-corrected chi connectivity index (χ4v) is 4.35. The lowest BCUT2D eigenvalue weighted by molar-refractivity contribution is -0.120. The van der Waals surface area contributed by atoms with Crippen LogP contribution >= 0.6 is 0 Å². The zero-order valence-electron chi connectivity index (χ0n) is 14.4. The molecule has 25 heavy (non-hydrogen) atoms. The summed E-state index contributed by atoms with van der Waals surface area (Å²) >= 11 is 0. The van der Waals surface area contributed by atoms with E-state index in [-0.39, 0.29) is 23.3 Å². The van der Waals surface area contributed by atoms with Gasteiger partial charge in [-0.1, -0.05) is 30.3 Å². The summed E-state index contributed by atoms with van der Waals surface area (Å²) in [6, 6.07) is 14.0. The summed E-state index contributed by atoms with van der Waals surface area (Å²) in [5, 5.41) is 3.24. The molecule has 1 N–H and O–H groups in total. The van der Waals surface area contributed by atoms with Crippen LogP contribution in [0.25, 0.3) is 0 Å². The molecule has 2 aromatic rings. The molecule has 3 heterocycles. The minimum absolute atomic E-state index is 0.0722. The number of benzene rings is 1. The molecule has 0 bridgehead atoms. The van der Waals surface area contributed by atoms with E-state index in [2.05, 4.69) is 17.4 Å². The Balaban J connectivity index is 1.52. The fourth-order valence-electron chi connectivity index (χ4n) is 4.35. The lowest BCUT2D eigenvalue weighted by Gasteiger charge is -2.43. The number of piperidine rings is 1. The average molecular weight is 337 g/mol. The molecule has 130 valence electrons. The summed E-state index contributed by atoms with van der Waals surface area (Å²) in [4.78, 5) is 26.8. The van der Waals surface area contributed by atoms with Crippen LogP contribution in [-0.2, 0) is 11.8 Å². The van der Waals surface area contributed by atoms with Crippen LogP contribution < -0.4 is 5.32 Å². The summed E-state index contributed by atoms with van der Waals surface area (Å²) in [6.07, 6.45) is 4.03. The third kappa shape index (κ3) is 2.73. The molecule has 0 unspecified atom stereocenters. The molecule has 1 atom stereocenters. The molecule has 0 aliphatic carbocycles. The van der Waals surface area contributed by atoms with Crippen molar-refractivity contribution in [1.82, 2.24) is 14.8 Å². The number of nitrogens with one attached hydrogen (secondary N) is 1. The second-order valence-corrected chi connectivity index (χ2v) is 7.17. The second kappa shape index (κ2) is 6.06. The van der Waals surface area contributed by atoms with Crippen molar-refractivity contribution in [3.63, 3.8) is 0 Å². The third-order valence-corrected chi connectivity index (χ3v) is 5.75. The van der Waals surface area contributed by atoms with E-state index in [1.165, 1.54) is 5.56 Å². The van der Waals surface area contributed by atoms with Crippen molar-refractivity contribution in [3.05, 3.63) is 59.9 Å². The van der Waals surface area contributed by atoms with Crippen LogP contribution in [0.5, 0.6) is 0 Å². The van der Waals surface area contributed by atoms with Crippen molar-refractivity contribution >= 4 is 11.8 Å². The zero-order valence-corrected chi connectivity index (χ0v) is 14.4. The number of aryl methyl sites for hydroxylation is 1. The van der Waals surface area contributed by atoms with Gasteiger partial charge < -0.3 is 14.8 Å². The molecule has 1 aromatic carbocycles. The minimum atomic E-state index is -0.219. The average Bonchev–Trinajstić information content (AvgIpc) is 3.19. The van der Waals surface area contributed by atoms with Gasteiger partial charge in [-0.3, -0.25) is 9.59 Å². The molecule has 1 spiro atoms. The molecule has 5 heteroatoms. The van der Waals surface area contributed by atoms with E-state index in [1.807, 2.05) is 53.0 Å². The standard InChI is InChI=1S/C20H23N3O2/c1-22-11-5-8-17(22)19(25)23-12-9-20(10-13-23)16(14-18(24)21-20)15-6-3-2-4-7-15/h2-8,11,16H,9-10,12-14H2,1H3,(H,21,24)/t16-/m0/s1. The third-order valence-electron chi connectivity index (χ3n) is 5.75. The highest BCUT2D eigenvalue weighted by molar-refractivity contribution is 5.93. The van der Waals surface area contributed by atoms with Gasteiger partial charge in [-0.2, -0.15) is 0 Å². The van der Waals surface area contributed by atoms with E-state index in [9.17, 15) is 9.59 Å². The molecule has 2 aliphatic heterocycles. The first-order valence-electron chi connectivity index (χ1n) is 8.86. The SMILES string of the molecule is Cn1cccc1C(=O)N1CCC2(CC1)NC(=O)C[C@H]2c1ccccc1. The normalized spacial score (nSPS) is 22.2. The van der Waals surface area contributed by atoms with E-state index in [4.69, 9.17) is 0 Å². The maximum atomic E-state index is 12.7. The van der Waals surface area contributed by atoms with Gasteiger partial charge in [-0.15, -0.1) is 0 Å². The maximum absolute atomic E-state index is 12.7. The molecule has 4 rings (SSSR count). The number of aromatic nitrogens is 1. The largest absolute Gasteiger partial charge is 0.350 e. The molecule has 2 fully saturated rings. The van der Waals surface area contributed by atoms with Crippen LogP contribution in [0.3, 0.4) is 0 Å². The highest BCUT2D eigenvalue weighted by Crippen LogP contribution is 2.43. The predicted molar refractivity (Wildman–Crippen MR) is 95.2 cm³/mol. The molecule has 0 saturated carbocycles. The summed E-state index contributed by atoms with van der Waals surface area (Å²) in [5.74, 6) is 0.382. The Morgan fingerprint density at radius 1 is 1.12 bits per heavy atom. The van der Waals surface area contributed by atoms with Gasteiger partial charge in [0.15, 0.2) is 0 Å². The van der Waals surface area contributed by atoms with E-state index in [1.54, 1.807) is 0 Å². The Morgan fingerprint density at radius 2 is 1.84 bits per heavy atom. The maximum Gasteiger partial charge on any atom is 0.270 e. The van der Waals surface area contributed by atoms with Crippen molar-refractivity contribution in [1.29, 1.82) is 0 Å².